The van der Waals surface area contributed by atoms with Crippen LogP contribution in [0.25, 0.3) is 16.8 Å². The van der Waals surface area contributed by atoms with E-state index < -0.39 is 0 Å². The van der Waals surface area contributed by atoms with Gasteiger partial charge in [0.2, 0.25) is 5.13 Å². The van der Waals surface area contributed by atoms with Crippen LogP contribution in [0.3, 0.4) is 0 Å². The Labute approximate surface area is 194 Å². The SMILES string of the molecule is Cn1cc(-c2cn3ncc(N4CCN(c5nnc(Cc6ccccc6)s5)CC4)c3cn2)cn1. The normalized spacial score (nSPS) is 14.3. The summed E-state index contributed by atoms with van der Waals surface area (Å²) in [5.74, 6) is 0. The highest BCUT2D eigenvalue weighted by Gasteiger charge is 2.23. The smallest absolute Gasteiger partial charge is 0.208 e. The summed E-state index contributed by atoms with van der Waals surface area (Å²) in [6, 6.07) is 10.4. The number of hydrogen-bond donors (Lipinski definition) is 0. The number of aromatic nitrogens is 7. The van der Waals surface area contributed by atoms with Crippen molar-refractivity contribution < 1.29 is 0 Å². The lowest BCUT2D eigenvalue weighted by Crippen LogP contribution is -2.46. The van der Waals surface area contributed by atoms with E-state index in [9.17, 15) is 0 Å². The molecule has 0 amide bonds. The summed E-state index contributed by atoms with van der Waals surface area (Å²) in [6.45, 7) is 3.61. The molecule has 0 N–H and O–H groups in total. The molecule has 33 heavy (non-hydrogen) atoms. The lowest BCUT2D eigenvalue weighted by atomic mass is 10.2. The van der Waals surface area contributed by atoms with Crippen molar-refractivity contribution in [1.29, 1.82) is 0 Å². The minimum Gasteiger partial charge on any atom is -0.365 e. The molecule has 1 aliphatic heterocycles. The molecule has 0 spiro atoms. The molecule has 5 aromatic rings. The Morgan fingerprint density at radius 3 is 2.48 bits per heavy atom. The Morgan fingerprint density at radius 2 is 1.70 bits per heavy atom. The van der Waals surface area contributed by atoms with Crippen molar-refractivity contribution in [3.8, 4) is 11.3 Å². The van der Waals surface area contributed by atoms with Crippen LogP contribution in [0.15, 0.2) is 61.3 Å². The van der Waals surface area contributed by atoms with Gasteiger partial charge in [0.25, 0.3) is 0 Å². The van der Waals surface area contributed by atoms with Gasteiger partial charge < -0.3 is 9.80 Å². The third-order valence-electron chi connectivity index (χ3n) is 5.93. The highest BCUT2D eigenvalue weighted by atomic mass is 32.1. The third kappa shape index (κ3) is 3.93. The minimum absolute atomic E-state index is 0.828. The Hall–Kier alpha value is -3.79. The van der Waals surface area contributed by atoms with E-state index in [-0.39, 0.29) is 0 Å². The van der Waals surface area contributed by atoms with Gasteiger partial charge >= 0.3 is 0 Å². The molecule has 0 atom stereocenters. The number of nitrogens with zero attached hydrogens (tertiary/aromatic N) is 9. The maximum absolute atomic E-state index is 4.65. The molecule has 0 unspecified atom stereocenters. The van der Waals surface area contributed by atoms with Crippen LogP contribution >= 0.6 is 11.3 Å². The van der Waals surface area contributed by atoms with E-state index in [0.29, 0.717) is 0 Å². The zero-order valence-corrected chi connectivity index (χ0v) is 19.1. The van der Waals surface area contributed by atoms with Crippen molar-refractivity contribution in [3.05, 3.63) is 71.9 Å². The van der Waals surface area contributed by atoms with E-state index in [4.69, 9.17) is 0 Å². The standard InChI is InChI=1S/C23H23N9S/c1-29-15-18(12-25-29)19-16-32-21(13-24-19)20(14-26-32)30-7-9-31(10-8-30)23-28-27-22(33-23)11-17-5-3-2-4-6-17/h2-6,12-16H,7-11H2,1H3. The molecule has 0 aliphatic carbocycles. The number of hydrogen-bond acceptors (Lipinski definition) is 8. The quantitative estimate of drug-likeness (QED) is 0.401. The van der Waals surface area contributed by atoms with E-state index in [0.717, 1.165) is 65.2 Å². The molecule has 10 heteroatoms. The second kappa shape index (κ2) is 8.28. The molecule has 6 rings (SSSR count). The molecule has 5 heterocycles. The van der Waals surface area contributed by atoms with Gasteiger partial charge in [0.1, 0.15) is 10.5 Å². The van der Waals surface area contributed by atoms with Gasteiger partial charge in [0.15, 0.2) is 0 Å². The van der Waals surface area contributed by atoms with Gasteiger partial charge in [-0.2, -0.15) is 10.2 Å². The highest BCUT2D eigenvalue weighted by molar-refractivity contribution is 7.15. The minimum atomic E-state index is 0.828. The van der Waals surface area contributed by atoms with E-state index in [2.05, 4.69) is 59.4 Å². The molecule has 4 aromatic heterocycles. The number of aryl methyl sites for hydroxylation is 1. The number of fused-ring (bicyclic) bond motifs is 1. The van der Waals surface area contributed by atoms with Crippen molar-refractivity contribution in [2.24, 2.45) is 7.05 Å². The van der Waals surface area contributed by atoms with Crippen LogP contribution < -0.4 is 9.80 Å². The predicted octanol–water partition coefficient (Wildman–Crippen LogP) is 2.90. The van der Waals surface area contributed by atoms with Crippen LogP contribution in [-0.2, 0) is 13.5 Å². The zero-order valence-electron chi connectivity index (χ0n) is 18.2. The van der Waals surface area contributed by atoms with Crippen molar-refractivity contribution in [2.75, 3.05) is 36.0 Å². The molecule has 1 aliphatic rings. The van der Waals surface area contributed by atoms with Crippen LogP contribution in [0.4, 0.5) is 10.8 Å². The fourth-order valence-electron chi connectivity index (χ4n) is 4.17. The van der Waals surface area contributed by atoms with Crippen LogP contribution in [-0.4, -0.2) is 60.8 Å². The van der Waals surface area contributed by atoms with Crippen molar-refractivity contribution in [1.82, 2.24) is 34.6 Å². The summed E-state index contributed by atoms with van der Waals surface area (Å²) in [5, 5.41) is 19.7. The summed E-state index contributed by atoms with van der Waals surface area (Å²) >= 11 is 1.69. The van der Waals surface area contributed by atoms with Gasteiger partial charge in [-0.3, -0.25) is 9.67 Å². The summed E-state index contributed by atoms with van der Waals surface area (Å²) < 4.78 is 3.68. The summed E-state index contributed by atoms with van der Waals surface area (Å²) in [5.41, 5.74) is 5.23. The number of benzene rings is 1. The average Bonchev–Trinajstić information content (AvgIpc) is 3.59. The molecule has 0 saturated carbocycles. The second-order valence-corrected chi connectivity index (χ2v) is 9.19. The molecule has 1 aromatic carbocycles. The maximum atomic E-state index is 4.65. The summed E-state index contributed by atoms with van der Waals surface area (Å²) in [7, 11) is 1.90. The van der Waals surface area contributed by atoms with Gasteiger partial charge in [0, 0.05) is 51.4 Å². The van der Waals surface area contributed by atoms with Gasteiger partial charge in [-0.25, -0.2) is 4.52 Å². The van der Waals surface area contributed by atoms with Crippen LogP contribution in [0, 0.1) is 0 Å². The fraction of sp³-hybridized carbons (Fsp3) is 0.261. The zero-order chi connectivity index (χ0) is 22.2. The van der Waals surface area contributed by atoms with Gasteiger partial charge in [-0.1, -0.05) is 41.7 Å². The Kier molecular flexibility index (Phi) is 4.99. The van der Waals surface area contributed by atoms with Gasteiger partial charge in [-0.05, 0) is 5.56 Å². The van der Waals surface area contributed by atoms with Crippen molar-refractivity contribution in [3.63, 3.8) is 0 Å². The first-order valence-electron chi connectivity index (χ1n) is 10.9. The molecule has 9 nitrogen and oxygen atoms in total. The van der Waals surface area contributed by atoms with Crippen LogP contribution in [0.5, 0.6) is 0 Å². The molecule has 0 radical (unpaired) electrons. The molecular formula is C23H23N9S. The average molecular weight is 458 g/mol. The molecular weight excluding hydrogens is 434 g/mol. The van der Waals surface area contributed by atoms with Crippen LogP contribution in [0.2, 0.25) is 0 Å². The van der Waals surface area contributed by atoms with Gasteiger partial charge in [0.05, 0.1) is 36.2 Å². The fourth-order valence-corrected chi connectivity index (χ4v) is 5.09. The highest BCUT2D eigenvalue weighted by Crippen LogP contribution is 2.27. The third-order valence-corrected chi connectivity index (χ3v) is 6.91. The Morgan fingerprint density at radius 1 is 0.879 bits per heavy atom. The second-order valence-electron chi connectivity index (χ2n) is 8.15. The lowest BCUT2D eigenvalue weighted by Gasteiger charge is -2.35. The van der Waals surface area contributed by atoms with E-state index in [1.54, 1.807) is 16.0 Å². The van der Waals surface area contributed by atoms with Crippen LogP contribution in [0.1, 0.15) is 10.6 Å². The molecule has 1 saturated heterocycles. The summed E-state index contributed by atoms with van der Waals surface area (Å²) in [6.07, 6.45) is 10.4. The van der Waals surface area contributed by atoms with E-state index in [1.165, 1.54) is 5.56 Å². The maximum Gasteiger partial charge on any atom is 0.208 e. The van der Waals surface area contributed by atoms with Crippen molar-refractivity contribution in [2.45, 2.75) is 6.42 Å². The first-order chi connectivity index (χ1) is 16.2. The van der Waals surface area contributed by atoms with E-state index in [1.807, 2.05) is 48.6 Å². The monoisotopic (exact) mass is 457 g/mol. The largest absolute Gasteiger partial charge is 0.365 e. The molecule has 1 fully saturated rings. The number of piperazine rings is 1. The number of rotatable bonds is 5. The summed E-state index contributed by atoms with van der Waals surface area (Å²) in [4.78, 5) is 9.35. The lowest BCUT2D eigenvalue weighted by molar-refractivity contribution is 0.651. The number of anilines is 2. The topological polar surface area (TPSA) is 80.3 Å². The van der Waals surface area contributed by atoms with E-state index >= 15 is 0 Å². The molecule has 166 valence electrons. The predicted molar refractivity (Wildman–Crippen MR) is 129 cm³/mol. The first-order valence-corrected chi connectivity index (χ1v) is 11.7. The Balaban J connectivity index is 1.14. The molecule has 0 bridgehead atoms. The van der Waals surface area contributed by atoms with Crippen molar-refractivity contribution >= 4 is 27.7 Å². The Bertz CT molecular complexity index is 1380. The first kappa shape index (κ1) is 19.9. The van der Waals surface area contributed by atoms with Gasteiger partial charge in [-0.15, -0.1) is 10.2 Å².